The molecule has 0 atom stereocenters. The van der Waals surface area contributed by atoms with Crippen molar-refractivity contribution in [2.75, 3.05) is 14.2 Å². The topological polar surface area (TPSA) is 35.5 Å². The van der Waals surface area contributed by atoms with Crippen molar-refractivity contribution in [3.05, 3.63) is 59.4 Å². The summed E-state index contributed by atoms with van der Waals surface area (Å²) >= 11 is 0. The molecule has 0 amide bonds. The maximum absolute atomic E-state index is 12.9. The number of methoxy groups -OCH3 is 1. The number of ether oxygens (including phenoxy) is 2. The van der Waals surface area contributed by atoms with Crippen LogP contribution in [-0.2, 0) is 4.74 Å². The maximum atomic E-state index is 12.9. The first-order valence-corrected chi connectivity index (χ1v) is 7.00. The molecule has 0 spiro atoms. The summed E-state index contributed by atoms with van der Waals surface area (Å²) < 4.78 is 22.7. The maximum Gasteiger partial charge on any atom is 0.153 e. The second-order valence-electron chi connectivity index (χ2n) is 4.12. The van der Waals surface area contributed by atoms with E-state index in [1.54, 1.807) is 26.4 Å². The van der Waals surface area contributed by atoms with Crippen LogP contribution in [-0.4, -0.2) is 20.5 Å². The molecular formula is C18H23FO3. The minimum absolute atomic E-state index is 0.200. The molecule has 0 aliphatic heterocycles. The van der Waals surface area contributed by atoms with Crippen molar-refractivity contribution >= 4 is 6.29 Å². The van der Waals surface area contributed by atoms with E-state index in [2.05, 4.69) is 4.74 Å². The highest BCUT2D eigenvalue weighted by molar-refractivity contribution is 5.79. The van der Waals surface area contributed by atoms with Crippen molar-refractivity contribution in [3.8, 4) is 11.5 Å². The lowest BCUT2D eigenvalue weighted by Crippen LogP contribution is -1.91. The number of hydrogen-bond acceptors (Lipinski definition) is 3. The average Bonchev–Trinajstić information content (AvgIpc) is 2.54. The van der Waals surface area contributed by atoms with Crippen LogP contribution in [0.25, 0.3) is 0 Å². The first kappa shape index (κ1) is 19.8. The van der Waals surface area contributed by atoms with Crippen LogP contribution < -0.4 is 4.74 Å². The molecule has 4 heteroatoms. The zero-order chi connectivity index (χ0) is 17.0. The van der Waals surface area contributed by atoms with Crippen molar-refractivity contribution in [2.24, 2.45) is 0 Å². The van der Waals surface area contributed by atoms with Crippen LogP contribution in [0, 0.1) is 12.7 Å². The SMILES string of the molecule is CC.COC.Cc1ccc(Oc2ccc(F)cc2C=O)cc1. The third-order valence-corrected chi connectivity index (χ3v) is 2.35. The van der Waals surface area contributed by atoms with Gasteiger partial charge in [0.2, 0.25) is 0 Å². The first-order valence-electron chi connectivity index (χ1n) is 7.00. The summed E-state index contributed by atoms with van der Waals surface area (Å²) in [7, 11) is 3.25. The molecule has 0 aliphatic rings. The van der Waals surface area contributed by atoms with Gasteiger partial charge in [0.15, 0.2) is 6.29 Å². The molecule has 0 aliphatic carbocycles. The minimum atomic E-state index is -0.455. The zero-order valence-electron chi connectivity index (χ0n) is 13.7. The van der Waals surface area contributed by atoms with Crippen molar-refractivity contribution < 1.29 is 18.7 Å². The van der Waals surface area contributed by atoms with Gasteiger partial charge >= 0.3 is 0 Å². The number of benzene rings is 2. The van der Waals surface area contributed by atoms with Gasteiger partial charge in [0.25, 0.3) is 0 Å². The molecule has 2 rings (SSSR count). The van der Waals surface area contributed by atoms with Crippen molar-refractivity contribution in [3.63, 3.8) is 0 Å². The van der Waals surface area contributed by atoms with Gasteiger partial charge in [0, 0.05) is 14.2 Å². The summed E-state index contributed by atoms with van der Waals surface area (Å²) in [6, 6.07) is 11.3. The molecule has 0 bridgehead atoms. The minimum Gasteiger partial charge on any atom is -0.457 e. The fourth-order valence-corrected chi connectivity index (χ4v) is 1.44. The van der Waals surface area contributed by atoms with Gasteiger partial charge in [-0.15, -0.1) is 0 Å². The normalized spacial score (nSPS) is 8.82. The fourth-order valence-electron chi connectivity index (χ4n) is 1.44. The fraction of sp³-hybridized carbons (Fsp3) is 0.278. The van der Waals surface area contributed by atoms with Gasteiger partial charge in [-0.2, -0.15) is 0 Å². The first-order chi connectivity index (χ1) is 10.6. The molecule has 0 aromatic heterocycles. The molecule has 0 fully saturated rings. The molecule has 2 aromatic rings. The molecule has 0 saturated heterocycles. The Morgan fingerprint density at radius 3 is 2.05 bits per heavy atom. The van der Waals surface area contributed by atoms with E-state index in [1.807, 2.05) is 32.9 Å². The predicted octanol–water partition coefficient (Wildman–Crippen LogP) is 5.03. The lowest BCUT2D eigenvalue weighted by atomic mass is 10.2. The van der Waals surface area contributed by atoms with Crippen LogP contribution in [0.3, 0.4) is 0 Å². The number of aryl methyl sites for hydroxylation is 1. The second-order valence-corrected chi connectivity index (χ2v) is 4.12. The summed E-state index contributed by atoms with van der Waals surface area (Å²) in [5.74, 6) is 0.513. The van der Waals surface area contributed by atoms with Gasteiger partial charge < -0.3 is 9.47 Å². The molecule has 0 heterocycles. The monoisotopic (exact) mass is 306 g/mol. The van der Waals surface area contributed by atoms with E-state index in [9.17, 15) is 9.18 Å². The largest absolute Gasteiger partial charge is 0.457 e. The Morgan fingerprint density at radius 1 is 1.00 bits per heavy atom. The number of aldehydes is 1. The van der Waals surface area contributed by atoms with Gasteiger partial charge in [-0.25, -0.2) is 4.39 Å². The molecular weight excluding hydrogens is 283 g/mol. The van der Waals surface area contributed by atoms with Crippen molar-refractivity contribution in [2.45, 2.75) is 20.8 Å². The second kappa shape index (κ2) is 11.5. The molecule has 0 N–H and O–H groups in total. The molecule has 3 nitrogen and oxygen atoms in total. The van der Waals surface area contributed by atoms with Gasteiger partial charge in [-0.05, 0) is 37.3 Å². The standard InChI is InChI=1S/C14H11FO2.C2H6O.C2H6/c1-10-2-5-13(6-3-10)17-14-7-4-12(15)8-11(14)9-16;1-3-2;1-2/h2-9H,1H3;1-2H3;1-2H3. The predicted molar refractivity (Wildman–Crippen MR) is 87.3 cm³/mol. The molecule has 0 saturated carbocycles. The number of halogens is 1. The lowest BCUT2D eigenvalue weighted by molar-refractivity contribution is 0.112. The van der Waals surface area contributed by atoms with E-state index in [-0.39, 0.29) is 5.56 Å². The van der Waals surface area contributed by atoms with E-state index in [4.69, 9.17) is 4.74 Å². The quantitative estimate of drug-likeness (QED) is 0.746. The number of carbonyl (C=O) groups is 1. The van der Waals surface area contributed by atoms with Gasteiger partial charge in [-0.3, -0.25) is 4.79 Å². The van der Waals surface area contributed by atoms with E-state index in [0.29, 0.717) is 17.8 Å². The van der Waals surface area contributed by atoms with E-state index < -0.39 is 5.82 Å². The molecule has 120 valence electrons. The highest BCUT2D eigenvalue weighted by Gasteiger charge is 2.05. The van der Waals surface area contributed by atoms with E-state index >= 15 is 0 Å². The smallest absolute Gasteiger partial charge is 0.153 e. The Balaban J connectivity index is 0.000000789. The highest BCUT2D eigenvalue weighted by Crippen LogP contribution is 2.25. The summed E-state index contributed by atoms with van der Waals surface area (Å²) in [5.41, 5.74) is 1.32. The summed E-state index contributed by atoms with van der Waals surface area (Å²) in [4.78, 5) is 10.8. The Hall–Kier alpha value is -2.20. The van der Waals surface area contributed by atoms with Crippen molar-refractivity contribution in [1.29, 1.82) is 0 Å². The lowest BCUT2D eigenvalue weighted by Gasteiger charge is -2.08. The third-order valence-electron chi connectivity index (χ3n) is 2.35. The van der Waals surface area contributed by atoms with Gasteiger partial charge in [-0.1, -0.05) is 31.5 Å². The molecule has 2 aromatic carbocycles. The summed E-state index contributed by atoms with van der Waals surface area (Å²) in [6.07, 6.45) is 0.576. The van der Waals surface area contributed by atoms with Crippen LogP contribution in [0.4, 0.5) is 4.39 Å². The van der Waals surface area contributed by atoms with Crippen LogP contribution in [0.1, 0.15) is 29.8 Å². The van der Waals surface area contributed by atoms with Gasteiger partial charge in [0.1, 0.15) is 17.3 Å². The summed E-state index contributed by atoms with van der Waals surface area (Å²) in [6.45, 7) is 5.97. The van der Waals surface area contributed by atoms with Crippen LogP contribution in [0.5, 0.6) is 11.5 Å². The van der Waals surface area contributed by atoms with Crippen molar-refractivity contribution in [1.82, 2.24) is 0 Å². The molecule has 0 radical (unpaired) electrons. The number of hydrogen-bond donors (Lipinski definition) is 0. The van der Waals surface area contributed by atoms with Crippen LogP contribution >= 0.6 is 0 Å². The third kappa shape index (κ3) is 6.99. The molecule has 0 unspecified atom stereocenters. The Morgan fingerprint density at radius 2 is 1.55 bits per heavy atom. The number of carbonyl (C=O) groups excluding carboxylic acids is 1. The molecule has 22 heavy (non-hydrogen) atoms. The Labute approximate surface area is 131 Å². The number of rotatable bonds is 3. The Bertz CT molecular complexity index is 551. The van der Waals surface area contributed by atoms with E-state index in [1.165, 1.54) is 12.1 Å². The van der Waals surface area contributed by atoms with E-state index in [0.717, 1.165) is 11.6 Å². The van der Waals surface area contributed by atoms with Gasteiger partial charge in [0.05, 0.1) is 5.56 Å². The summed E-state index contributed by atoms with van der Waals surface area (Å²) in [5, 5.41) is 0. The van der Waals surface area contributed by atoms with Crippen LogP contribution in [0.15, 0.2) is 42.5 Å². The Kier molecular flexibility index (Phi) is 10.3. The van der Waals surface area contributed by atoms with Crippen LogP contribution in [0.2, 0.25) is 0 Å². The average molecular weight is 306 g/mol. The zero-order valence-corrected chi connectivity index (χ0v) is 13.7. The highest BCUT2D eigenvalue weighted by atomic mass is 19.1.